The van der Waals surface area contributed by atoms with E-state index >= 15 is 0 Å². The molecule has 14 heavy (non-hydrogen) atoms. The van der Waals surface area contributed by atoms with Gasteiger partial charge in [0.25, 0.3) is 0 Å². The maximum atomic E-state index is 5.79. The number of nitrogens with two attached hydrogens (primary N) is 1. The molecule has 0 aliphatic heterocycles. The van der Waals surface area contributed by atoms with Crippen LogP contribution in [0.1, 0.15) is 24.9 Å². The van der Waals surface area contributed by atoms with Crippen molar-refractivity contribution in [2.45, 2.75) is 19.4 Å². The Morgan fingerprint density at radius 3 is 2.57 bits per heavy atom. The molecule has 1 aromatic rings. The summed E-state index contributed by atoms with van der Waals surface area (Å²) in [6, 6.07) is 7.73. The fourth-order valence-electron chi connectivity index (χ4n) is 1.14. The molecule has 0 unspecified atom stereocenters. The molecule has 0 aliphatic rings. The lowest BCUT2D eigenvalue weighted by Gasteiger charge is -2.08. The highest BCUT2D eigenvalue weighted by molar-refractivity contribution is 5.30. The van der Waals surface area contributed by atoms with E-state index in [-0.39, 0.29) is 6.04 Å². The second-order valence-electron chi connectivity index (χ2n) is 3.18. The molecule has 0 radical (unpaired) electrons. The SMILES string of the molecule is C=C[C@@H](N)c1ccc(OCCC)cc1. The maximum absolute atomic E-state index is 5.79. The Morgan fingerprint density at radius 2 is 2.07 bits per heavy atom. The quantitative estimate of drug-likeness (QED) is 0.726. The number of hydrogen-bond donors (Lipinski definition) is 1. The molecule has 0 spiro atoms. The van der Waals surface area contributed by atoms with Gasteiger partial charge in [0.15, 0.2) is 0 Å². The number of ether oxygens (including phenoxy) is 1. The van der Waals surface area contributed by atoms with E-state index in [4.69, 9.17) is 10.5 Å². The smallest absolute Gasteiger partial charge is 0.119 e. The van der Waals surface area contributed by atoms with Gasteiger partial charge in [-0.25, -0.2) is 0 Å². The summed E-state index contributed by atoms with van der Waals surface area (Å²) in [6.45, 7) is 6.49. The Kier molecular flexibility index (Phi) is 4.20. The molecular formula is C12H17NO. The molecule has 0 fully saturated rings. The molecule has 1 atom stereocenters. The second-order valence-corrected chi connectivity index (χ2v) is 3.18. The Labute approximate surface area is 85.4 Å². The molecule has 1 aromatic carbocycles. The van der Waals surface area contributed by atoms with Crippen molar-refractivity contribution in [1.82, 2.24) is 0 Å². The van der Waals surface area contributed by atoms with Crippen LogP contribution >= 0.6 is 0 Å². The van der Waals surface area contributed by atoms with E-state index in [1.54, 1.807) is 6.08 Å². The minimum absolute atomic E-state index is 0.0878. The van der Waals surface area contributed by atoms with Crippen molar-refractivity contribution >= 4 is 0 Å². The van der Waals surface area contributed by atoms with Gasteiger partial charge in [0, 0.05) is 6.04 Å². The van der Waals surface area contributed by atoms with Gasteiger partial charge in [0.05, 0.1) is 6.61 Å². The van der Waals surface area contributed by atoms with E-state index in [0.717, 1.165) is 24.3 Å². The lowest BCUT2D eigenvalue weighted by atomic mass is 10.1. The third-order valence-electron chi connectivity index (χ3n) is 1.99. The molecule has 76 valence electrons. The molecule has 0 saturated carbocycles. The van der Waals surface area contributed by atoms with Gasteiger partial charge in [-0.05, 0) is 24.1 Å². The molecule has 0 bridgehead atoms. The normalized spacial score (nSPS) is 12.1. The van der Waals surface area contributed by atoms with Crippen LogP contribution in [-0.2, 0) is 0 Å². The van der Waals surface area contributed by atoms with Gasteiger partial charge < -0.3 is 10.5 Å². The fourth-order valence-corrected chi connectivity index (χ4v) is 1.14. The molecule has 0 aliphatic carbocycles. The first-order valence-electron chi connectivity index (χ1n) is 4.88. The second kappa shape index (κ2) is 5.45. The maximum Gasteiger partial charge on any atom is 0.119 e. The summed E-state index contributed by atoms with van der Waals surface area (Å²) >= 11 is 0. The summed E-state index contributed by atoms with van der Waals surface area (Å²) in [6.07, 6.45) is 2.75. The highest BCUT2D eigenvalue weighted by Crippen LogP contribution is 2.16. The third-order valence-corrected chi connectivity index (χ3v) is 1.99. The number of benzene rings is 1. The largest absolute Gasteiger partial charge is 0.494 e. The zero-order valence-corrected chi connectivity index (χ0v) is 8.57. The summed E-state index contributed by atoms with van der Waals surface area (Å²) < 4.78 is 5.46. The van der Waals surface area contributed by atoms with Crippen molar-refractivity contribution in [3.8, 4) is 5.75 Å². The first kappa shape index (κ1) is 10.8. The van der Waals surface area contributed by atoms with E-state index < -0.39 is 0 Å². The lowest BCUT2D eigenvalue weighted by molar-refractivity contribution is 0.317. The molecule has 1 rings (SSSR count). The van der Waals surface area contributed by atoms with Crippen molar-refractivity contribution in [1.29, 1.82) is 0 Å². The predicted molar refractivity (Wildman–Crippen MR) is 59.4 cm³/mol. The first-order chi connectivity index (χ1) is 6.77. The van der Waals surface area contributed by atoms with Crippen molar-refractivity contribution in [2.75, 3.05) is 6.61 Å². The van der Waals surface area contributed by atoms with Crippen molar-refractivity contribution in [3.63, 3.8) is 0 Å². The van der Waals surface area contributed by atoms with Crippen LogP contribution in [-0.4, -0.2) is 6.61 Å². The van der Waals surface area contributed by atoms with Crippen molar-refractivity contribution in [3.05, 3.63) is 42.5 Å². The molecule has 0 saturated heterocycles. The highest BCUT2D eigenvalue weighted by Gasteiger charge is 2.00. The lowest BCUT2D eigenvalue weighted by Crippen LogP contribution is -2.06. The van der Waals surface area contributed by atoms with Crippen LogP contribution in [0.4, 0.5) is 0 Å². The molecular weight excluding hydrogens is 174 g/mol. The van der Waals surface area contributed by atoms with Crippen LogP contribution in [0.2, 0.25) is 0 Å². The van der Waals surface area contributed by atoms with Gasteiger partial charge in [-0.1, -0.05) is 25.1 Å². The third kappa shape index (κ3) is 2.89. The zero-order chi connectivity index (χ0) is 10.4. The molecule has 2 nitrogen and oxygen atoms in total. The Morgan fingerprint density at radius 1 is 1.43 bits per heavy atom. The van der Waals surface area contributed by atoms with Crippen LogP contribution in [0.15, 0.2) is 36.9 Å². The first-order valence-corrected chi connectivity index (χ1v) is 4.88. The van der Waals surface area contributed by atoms with E-state index in [9.17, 15) is 0 Å². The van der Waals surface area contributed by atoms with Gasteiger partial charge in [0.1, 0.15) is 5.75 Å². The van der Waals surface area contributed by atoms with Gasteiger partial charge in [-0.15, -0.1) is 6.58 Å². The summed E-state index contributed by atoms with van der Waals surface area (Å²) in [4.78, 5) is 0. The van der Waals surface area contributed by atoms with Crippen LogP contribution in [0, 0.1) is 0 Å². The number of rotatable bonds is 5. The molecule has 0 amide bonds. The van der Waals surface area contributed by atoms with Gasteiger partial charge >= 0.3 is 0 Å². The predicted octanol–water partition coefficient (Wildman–Crippen LogP) is 2.66. The Balaban J connectivity index is 2.63. The summed E-state index contributed by atoms with van der Waals surface area (Å²) in [7, 11) is 0. The average Bonchev–Trinajstić information content (AvgIpc) is 2.26. The van der Waals surface area contributed by atoms with E-state index in [0.29, 0.717) is 0 Å². The van der Waals surface area contributed by atoms with Gasteiger partial charge in [-0.3, -0.25) is 0 Å². The van der Waals surface area contributed by atoms with Gasteiger partial charge in [-0.2, -0.15) is 0 Å². The van der Waals surface area contributed by atoms with Gasteiger partial charge in [0.2, 0.25) is 0 Å². The fraction of sp³-hybridized carbons (Fsp3) is 0.333. The molecule has 0 heterocycles. The molecule has 2 heteroatoms. The molecule has 0 aromatic heterocycles. The Bertz CT molecular complexity index is 279. The summed E-state index contributed by atoms with van der Waals surface area (Å²) in [5.41, 5.74) is 6.84. The van der Waals surface area contributed by atoms with E-state index in [1.165, 1.54) is 0 Å². The van der Waals surface area contributed by atoms with E-state index in [1.807, 2.05) is 24.3 Å². The van der Waals surface area contributed by atoms with Crippen LogP contribution < -0.4 is 10.5 Å². The van der Waals surface area contributed by atoms with Crippen LogP contribution in [0.3, 0.4) is 0 Å². The topological polar surface area (TPSA) is 35.2 Å². The van der Waals surface area contributed by atoms with Crippen molar-refractivity contribution < 1.29 is 4.74 Å². The minimum atomic E-state index is -0.0878. The summed E-state index contributed by atoms with van der Waals surface area (Å²) in [5, 5.41) is 0. The average molecular weight is 191 g/mol. The minimum Gasteiger partial charge on any atom is -0.494 e. The van der Waals surface area contributed by atoms with Crippen LogP contribution in [0.5, 0.6) is 5.75 Å². The standard InChI is InChI=1S/C12H17NO/c1-3-9-14-11-7-5-10(6-8-11)12(13)4-2/h4-8,12H,2-3,9,13H2,1H3/t12-/m1/s1. The monoisotopic (exact) mass is 191 g/mol. The van der Waals surface area contributed by atoms with Crippen LogP contribution in [0.25, 0.3) is 0 Å². The van der Waals surface area contributed by atoms with E-state index in [2.05, 4.69) is 13.5 Å². The van der Waals surface area contributed by atoms with Crippen molar-refractivity contribution in [2.24, 2.45) is 5.73 Å². The molecule has 2 N–H and O–H groups in total. The Hall–Kier alpha value is -1.28. The zero-order valence-electron chi connectivity index (χ0n) is 8.57. The summed E-state index contributed by atoms with van der Waals surface area (Å²) in [5.74, 6) is 0.895. The highest BCUT2D eigenvalue weighted by atomic mass is 16.5. The number of hydrogen-bond acceptors (Lipinski definition) is 2.